The minimum Gasteiger partial charge on any atom is -0.387 e. The molecule has 1 aliphatic heterocycles. The van der Waals surface area contributed by atoms with Gasteiger partial charge in [0.1, 0.15) is 11.6 Å². The molecular formula is C33H36N9O2Si. The Morgan fingerprint density at radius 2 is 2.04 bits per heavy atom. The first kappa shape index (κ1) is 29.2. The zero-order valence-electron chi connectivity index (χ0n) is 25.4. The minimum atomic E-state index is -1.16. The van der Waals surface area contributed by atoms with Crippen LogP contribution in [-0.4, -0.2) is 71.0 Å². The molecule has 2 aliphatic carbocycles. The number of fused-ring (bicyclic) bond motifs is 2. The monoisotopic (exact) mass is 618 g/mol. The summed E-state index contributed by atoms with van der Waals surface area (Å²) in [5, 5.41) is 29.2. The number of hydrogen-bond acceptors (Lipinski definition) is 9. The van der Waals surface area contributed by atoms with Crippen LogP contribution in [0, 0.1) is 18.3 Å². The van der Waals surface area contributed by atoms with Crippen LogP contribution in [0.4, 0.5) is 23.1 Å². The zero-order valence-corrected chi connectivity index (χ0v) is 26.4. The van der Waals surface area contributed by atoms with E-state index in [9.17, 15) is 9.90 Å². The predicted molar refractivity (Wildman–Crippen MR) is 174 cm³/mol. The van der Waals surface area contributed by atoms with Gasteiger partial charge < -0.3 is 26.0 Å². The van der Waals surface area contributed by atoms with Gasteiger partial charge in [0.25, 0.3) is 0 Å². The third kappa shape index (κ3) is 5.40. The third-order valence-electron chi connectivity index (χ3n) is 9.23. The maximum absolute atomic E-state index is 13.0. The molecule has 0 spiro atoms. The smallest absolute Gasteiger partial charge is 0.229 e. The van der Waals surface area contributed by atoms with E-state index < -0.39 is 10.8 Å². The van der Waals surface area contributed by atoms with Crippen LogP contribution in [-0.2, 0) is 16.4 Å². The summed E-state index contributed by atoms with van der Waals surface area (Å²) in [6, 6.07) is 13.7. The number of rotatable bonds is 8. The van der Waals surface area contributed by atoms with E-state index >= 15 is 0 Å². The molecule has 4 atom stereocenters. The number of anilines is 4. The predicted octanol–water partition coefficient (Wildman–Crippen LogP) is 3.39. The summed E-state index contributed by atoms with van der Waals surface area (Å²) in [5.41, 5.74) is 3.87. The van der Waals surface area contributed by atoms with Gasteiger partial charge in [-0.25, -0.2) is 9.67 Å². The van der Waals surface area contributed by atoms with Gasteiger partial charge in [-0.1, -0.05) is 35.4 Å². The Morgan fingerprint density at radius 1 is 1.22 bits per heavy atom. The second-order valence-corrected chi connectivity index (χ2v) is 13.4. The Bertz CT molecular complexity index is 1810. The van der Waals surface area contributed by atoms with Gasteiger partial charge in [0, 0.05) is 31.2 Å². The van der Waals surface area contributed by atoms with E-state index in [4.69, 9.17) is 16.4 Å². The molecule has 3 aliphatic rings. The summed E-state index contributed by atoms with van der Waals surface area (Å²) in [6.45, 7) is 5.03. The molecule has 7 rings (SSSR count). The van der Waals surface area contributed by atoms with E-state index in [-0.39, 0.29) is 17.9 Å². The summed E-state index contributed by atoms with van der Waals surface area (Å²) < 4.78 is 1.71. The number of aliphatic hydroxyl groups is 1. The van der Waals surface area contributed by atoms with Gasteiger partial charge in [-0.15, -0.1) is 11.5 Å². The Labute approximate surface area is 265 Å². The van der Waals surface area contributed by atoms with Gasteiger partial charge in [-0.05, 0) is 68.9 Å². The molecule has 3 heterocycles. The molecule has 2 fully saturated rings. The summed E-state index contributed by atoms with van der Waals surface area (Å²) in [5.74, 6) is 3.60. The number of hydrogen-bond donors (Lipinski definition) is 4. The van der Waals surface area contributed by atoms with Crippen LogP contribution in [0.25, 0.3) is 11.0 Å². The number of nitrogens with zero attached hydrogens (tertiary/aromatic N) is 6. The molecule has 229 valence electrons. The first-order valence-electron chi connectivity index (χ1n) is 15.5. The van der Waals surface area contributed by atoms with E-state index in [1.54, 1.807) is 10.9 Å². The van der Waals surface area contributed by atoms with E-state index in [1.165, 1.54) is 0 Å². The molecule has 1 amide bonds. The van der Waals surface area contributed by atoms with Gasteiger partial charge in [-0.2, -0.15) is 4.98 Å². The lowest BCUT2D eigenvalue weighted by Crippen LogP contribution is -2.53. The number of piperidine rings is 1. The van der Waals surface area contributed by atoms with Crippen molar-refractivity contribution in [3.05, 3.63) is 59.8 Å². The highest BCUT2D eigenvalue weighted by molar-refractivity contribution is 6.19. The average molecular weight is 619 g/mol. The fourth-order valence-electron chi connectivity index (χ4n) is 6.43. The Morgan fingerprint density at radius 3 is 2.84 bits per heavy atom. The highest BCUT2D eigenvalue weighted by atomic mass is 28.1. The van der Waals surface area contributed by atoms with Gasteiger partial charge in [0.15, 0.2) is 5.82 Å². The van der Waals surface area contributed by atoms with Crippen LogP contribution < -0.4 is 20.9 Å². The van der Waals surface area contributed by atoms with E-state index in [0.717, 1.165) is 65.8 Å². The zero-order chi connectivity index (χ0) is 31.3. The summed E-state index contributed by atoms with van der Waals surface area (Å²) in [7, 11) is 3.99. The van der Waals surface area contributed by atoms with Crippen molar-refractivity contribution in [1.29, 1.82) is 0 Å². The molecule has 1 unspecified atom stereocenters. The van der Waals surface area contributed by atoms with Crippen LogP contribution in [0.2, 0.25) is 0 Å². The number of carbonyl (C=O) groups excluding carboxylic acids is 1. The van der Waals surface area contributed by atoms with Crippen LogP contribution in [0.1, 0.15) is 56.7 Å². The second kappa shape index (κ2) is 11.2. The highest BCUT2D eigenvalue weighted by Gasteiger charge is 2.51. The topological polar surface area (TPSA) is 133 Å². The van der Waals surface area contributed by atoms with E-state index in [1.807, 2.05) is 56.3 Å². The van der Waals surface area contributed by atoms with Crippen molar-refractivity contribution in [1.82, 2.24) is 30.3 Å². The van der Waals surface area contributed by atoms with Crippen molar-refractivity contribution in [2.24, 2.45) is 5.92 Å². The highest BCUT2D eigenvalue weighted by Crippen LogP contribution is 2.45. The number of amides is 1. The summed E-state index contributed by atoms with van der Waals surface area (Å²) in [6.07, 6.45) is 11.7. The number of carbonyl (C=O) groups is 1. The quantitative estimate of drug-likeness (QED) is 0.173. The molecule has 3 radical (unpaired) electrons. The number of benzene rings is 2. The van der Waals surface area contributed by atoms with Gasteiger partial charge in [-0.3, -0.25) is 4.79 Å². The molecule has 1 saturated heterocycles. The van der Waals surface area contributed by atoms with E-state index in [0.29, 0.717) is 30.8 Å². The average Bonchev–Trinajstić information content (AvgIpc) is 3.71. The lowest BCUT2D eigenvalue weighted by molar-refractivity contribution is -0.125. The van der Waals surface area contributed by atoms with E-state index in [2.05, 4.69) is 47.3 Å². The van der Waals surface area contributed by atoms with Crippen molar-refractivity contribution in [2.75, 3.05) is 28.6 Å². The van der Waals surface area contributed by atoms with Crippen molar-refractivity contribution in [3.63, 3.8) is 0 Å². The van der Waals surface area contributed by atoms with Crippen LogP contribution in [0.15, 0.2) is 48.7 Å². The maximum atomic E-state index is 13.0. The van der Waals surface area contributed by atoms with Gasteiger partial charge in [0.05, 0.1) is 44.3 Å². The second-order valence-electron chi connectivity index (χ2n) is 12.7. The minimum absolute atomic E-state index is 0.114. The molecule has 4 N–H and O–H groups in total. The Balaban J connectivity index is 1.24. The van der Waals surface area contributed by atoms with Crippen LogP contribution in [0.3, 0.4) is 0 Å². The molecule has 45 heavy (non-hydrogen) atoms. The molecule has 1 saturated carbocycles. The van der Waals surface area contributed by atoms with Gasteiger partial charge >= 0.3 is 0 Å². The molecule has 11 nitrogen and oxygen atoms in total. The lowest BCUT2D eigenvalue weighted by atomic mass is 9.95. The normalized spacial score (nSPS) is 25.0. The first-order valence-corrected chi connectivity index (χ1v) is 16.0. The van der Waals surface area contributed by atoms with Crippen molar-refractivity contribution < 1.29 is 9.90 Å². The molecule has 2 aromatic carbocycles. The molecule has 12 heteroatoms. The number of terminal acetylenes is 1. The molecule has 4 aromatic rings. The fourth-order valence-corrected chi connectivity index (χ4v) is 6.88. The first-order chi connectivity index (χ1) is 21.6. The summed E-state index contributed by atoms with van der Waals surface area (Å²) >= 11 is 0. The largest absolute Gasteiger partial charge is 0.387 e. The standard InChI is InChI=1S/C33H36N9O2Si/c1-4-20(2)42-27-16-24(13-14-26(27)39-40-42)36-31-34-18-28(41-15-7-9-22(19-41)30(43)35-23-11-12-23)29(37-31)38-33(45)25-10-6-5-8-21(25)17-32(33,3)44/h1,5-6,8,10,13-14,16,18,20,22-23,44H,7,9,11-12,15,17,19H2,2-3H3,(H,35,43)(H2,34,36,37,38)/t20-,22-,32?,33+/m0/s1. The van der Waals surface area contributed by atoms with Crippen molar-refractivity contribution >= 4 is 50.3 Å². The molecule has 2 aromatic heterocycles. The van der Waals surface area contributed by atoms with Crippen LogP contribution >= 0.6 is 0 Å². The van der Waals surface area contributed by atoms with Crippen molar-refractivity contribution in [3.8, 4) is 12.3 Å². The molecule has 0 bridgehead atoms. The Hall–Kier alpha value is -4.47. The van der Waals surface area contributed by atoms with Gasteiger partial charge in [0.2, 0.25) is 11.9 Å². The lowest BCUT2D eigenvalue weighted by Gasteiger charge is -2.41. The molecular weight excluding hydrogens is 583 g/mol. The third-order valence-corrected chi connectivity index (χ3v) is 10.2. The maximum Gasteiger partial charge on any atom is 0.229 e. The number of nitrogens with one attached hydrogen (secondary N) is 3. The fraction of sp³-hybridized carbons (Fsp3) is 0.424. The number of aromatic nitrogens is 5. The summed E-state index contributed by atoms with van der Waals surface area (Å²) in [4.78, 5) is 24.9. The Kier molecular flexibility index (Phi) is 7.25. The van der Waals surface area contributed by atoms with Crippen molar-refractivity contribution in [2.45, 2.75) is 68.8 Å². The SMILES string of the molecule is C#C[C@H](C)n1nnc2ccc(Nc3ncc(N4CCC[C@H](C(=O)NC5CC5)C4)c(N[C@@]4([Si])c5ccccc5CC4(C)O)n3)cc21. The van der Waals surface area contributed by atoms with Crippen LogP contribution in [0.5, 0.6) is 0 Å².